The van der Waals surface area contributed by atoms with Gasteiger partial charge in [0.1, 0.15) is 0 Å². The molecular weight excluding hydrogens is 210 g/mol. The van der Waals surface area contributed by atoms with Gasteiger partial charge in [-0.05, 0) is 37.8 Å². The Hall–Kier alpha value is -0.860. The molecule has 1 aliphatic rings. The number of ether oxygens (including phenoxy) is 1. The zero-order valence-electron chi connectivity index (χ0n) is 11.3. The Morgan fingerprint density at radius 3 is 2.71 bits per heavy atom. The van der Waals surface area contributed by atoms with Crippen molar-refractivity contribution in [2.75, 3.05) is 13.2 Å². The zero-order chi connectivity index (χ0) is 12.4. The van der Waals surface area contributed by atoms with Crippen molar-refractivity contribution in [3.05, 3.63) is 34.9 Å². The van der Waals surface area contributed by atoms with Crippen LogP contribution < -0.4 is 5.32 Å². The molecule has 1 heterocycles. The van der Waals surface area contributed by atoms with Crippen LogP contribution >= 0.6 is 0 Å². The second-order valence-corrected chi connectivity index (χ2v) is 5.36. The van der Waals surface area contributed by atoms with Crippen LogP contribution in [0.3, 0.4) is 0 Å². The van der Waals surface area contributed by atoms with Gasteiger partial charge in [-0.15, -0.1) is 0 Å². The summed E-state index contributed by atoms with van der Waals surface area (Å²) < 4.78 is 6.03. The van der Waals surface area contributed by atoms with Gasteiger partial charge in [0, 0.05) is 12.6 Å². The van der Waals surface area contributed by atoms with Crippen LogP contribution in [0, 0.1) is 19.8 Å². The van der Waals surface area contributed by atoms with Crippen molar-refractivity contribution in [2.45, 2.75) is 39.8 Å². The minimum atomic E-state index is 0.197. The van der Waals surface area contributed by atoms with Gasteiger partial charge in [0.05, 0.1) is 12.7 Å². The Balaban J connectivity index is 2.17. The van der Waals surface area contributed by atoms with Crippen LogP contribution in [0.4, 0.5) is 0 Å². The SMILES string of the molecule is Cc1ccc(C2CNC(C)C(C)CO2)c(C)c1. The molecule has 1 aliphatic heterocycles. The van der Waals surface area contributed by atoms with Gasteiger partial charge in [-0.3, -0.25) is 0 Å². The molecule has 2 rings (SSSR count). The molecule has 2 heteroatoms. The predicted molar refractivity (Wildman–Crippen MR) is 71.2 cm³/mol. The van der Waals surface area contributed by atoms with Crippen LogP contribution in [-0.4, -0.2) is 19.2 Å². The van der Waals surface area contributed by atoms with Crippen LogP contribution in [0.5, 0.6) is 0 Å². The second kappa shape index (κ2) is 5.19. The number of nitrogens with one attached hydrogen (secondary N) is 1. The van der Waals surface area contributed by atoms with Crippen LogP contribution in [0.1, 0.15) is 36.6 Å². The summed E-state index contributed by atoms with van der Waals surface area (Å²) in [5, 5.41) is 3.56. The summed E-state index contributed by atoms with van der Waals surface area (Å²) in [5.41, 5.74) is 3.97. The summed E-state index contributed by atoms with van der Waals surface area (Å²) in [6, 6.07) is 7.14. The molecule has 1 fully saturated rings. The molecule has 1 N–H and O–H groups in total. The number of hydrogen-bond acceptors (Lipinski definition) is 2. The predicted octanol–water partition coefficient (Wildman–Crippen LogP) is 2.99. The number of aryl methyl sites for hydroxylation is 2. The van der Waals surface area contributed by atoms with Crippen LogP contribution in [0.15, 0.2) is 18.2 Å². The van der Waals surface area contributed by atoms with Crippen LogP contribution in [-0.2, 0) is 4.74 Å². The van der Waals surface area contributed by atoms with Crippen LogP contribution in [0.25, 0.3) is 0 Å². The molecule has 0 radical (unpaired) electrons. The van der Waals surface area contributed by atoms with E-state index in [-0.39, 0.29) is 6.10 Å². The lowest BCUT2D eigenvalue weighted by Crippen LogP contribution is -2.32. The van der Waals surface area contributed by atoms with Crippen molar-refractivity contribution in [1.29, 1.82) is 0 Å². The molecule has 0 aliphatic carbocycles. The van der Waals surface area contributed by atoms with Crippen LogP contribution in [0.2, 0.25) is 0 Å². The fourth-order valence-corrected chi connectivity index (χ4v) is 2.35. The highest BCUT2D eigenvalue weighted by molar-refractivity contribution is 5.32. The van der Waals surface area contributed by atoms with Crippen molar-refractivity contribution >= 4 is 0 Å². The quantitative estimate of drug-likeness (QED) is 0.805. The highest BCUT2D eigenvalue weighted by atomic mass is 16.5. The molecular formula is C15H23NO. The first-order valence-electron chi connectivity index (χ1n) is 6.50. The lowest BCUT2D eigenvalue weighted by molar-refractivity contribution is 0.0492. The Kier molecular flexibility index (Phi) is 3.85. The van der Waals surface area contributed by atoms with E-state index in [0.29, 0.717) is 12.0 Å². The van der Waals surface area contributed by atoms with Crippen molar-refractivity contribution in [1.82, 2.24) is 5.32 Å². The summed E-state index contributed by atoms with van der Waals surface area (Å²) in [4.78, 5) is 0. The molecule has 1 aromatic rings. The Morgan fingerprint density at radius 2 is 2.00 bits per heavy atom. The lowest BCUT2D eigenvalue weighted by atomic mass is 10.0. The van der Waals surface area contributed by atoms with E-state index in [0.717, 1.165) is 13.2 Å². The molecule has 1 saturated heterocycles. The Bertz CT molecular complexity index is 377. The van der Waals surface area contributed by atoms with E-state index in [1.807, 2.05) is 0 Å². The molecule has 94 valence electrons. The molecule has 3 unspecified atom stereocenters. The highest BCUT2D eigenvalue weighted by Gasteiger charge is 2.23. The largest absolute Gasteiger partial charge is 0.372 e. The van der Waals surface area contributed by atoms with Crippen molar-refractivity contribution in [2.24, 2.45) is 5.92 Å². The number of rotatable bonds is 1. The van der Waals surface area contributed by atoms with Gasteiger partial charge in [-0.25, -0.2) is 0 Å². The Labute approximate surface area is 104 Å². The van der Waals surface area contributed by atoms with Crippen molar-refractivity contribution in [3.8, 4) is 0 Å². The molecule has 0 spiro atoms. The average Bonchev–Trinajstić information content (AvgIpc) is 2.44. The topological polar surface area (TPSA) is 21.3 Å². The maximum atomic E-state index is 6.03. The first-order chi connectivity index (χ1) is 8.08. The molecule has 2 nitrogen and oxygen atoms in total. The highest BCUT2D eigenvalue weighted by Crippen LogP contribution is 2.25. The summed E-state index contributed by atoms with van der Waals surface area (Å²) in [6.07, 6.45) is 0.197. The zero-order valence-corrected chi connectivity index (χ0v) is 11.3. The molecule has 0 aromatic heterocycles. The van der Waals surface area contributed by atoms with Crippen molar-refractivity contribution in [3.63, 3.8) is 0 Å². The van der Waals surface area contributed by atoms with Gasteiger partial charge < -0.3 is 10.1 Å². The minimum Gasteiger partial charge on any atom is -0.372 e. The van der Waals surface area contributed by atoms with E-state index < -0.39 is 0 Å². The maximum Gasteiger partial charge on any atom is 0.0951 e. The van der Waals surface area contributed by atoms with Gasteiger partial charge in [0.15, 0.2) is 0 Å². The summed E-state index contributed by atoms with van der Waals surface area (Å²) >= 11 is 0. The average molecular weight is 233 g/mol. The molecule has 0 bridgehead atoms. The van der Waals surface area contributed by atoms with Gasteiger partial charge in [0.2, 0.25) is 0 Å². The smallest absolute Gasteiger partial charge is 0.0951 e. The summed E-state index contributed by atoms with van der Waals surface area (Å²) in [7, 11) is 0. The third-order valence-corrected chi connectivity index (χ3v) is 3.81. The first-order valence-corrected chi connectivity index (χ1v) is 6.50. The Morgan fingerprint density at radius 1 is 1.24 bits per heavy atom. The van der Waals surface area contributed by atoms with E-state index in [4.69, 9.17) is 4.74 Å². The fraction of sp³-hybridized carbons (Fsp3) is 0.600. The molecule has 17 heavy (non-hydrogen) atoms. The van der Waals surface area contributed by atoms with Gasteiger partial charge in [0.25, 0.3) is 0 Å². The molecule has 3 atom stereocenters. The minimum absolute atomic E-state index is 0.197. The van der Waals surface area contributed by atoms with Gasteiger partial charge >= 0.3 is 0 Å². The number of hydrogen-bond donors (Lipinski definition) is 1. The standard InChI is InChI=1S/C15H23NO/c1-10-5-6-14(11(2)7-10)15-8-16-13(4)12(3)9-17-15/h5-7,12-13,15-16H,8-9H2,1-4H3. The maximum absolute atomic E-state index is 6.03. The van der Waals surface area contributed by atoms with E-state index in [1.165, 1.54) is 16.7 Å². The normalized spacial score (nSPS) is 30.0. The fourth-order valence-electron chi connectivity index (χ4n) is 2.35. The molecule has 0 saturated carbocycles. The first kappa shape index (κ1) is 12.6. The molecule has 1 aromatic carbocycles. The monoisotopic (exact) mass is 233 g/mol. The van der Waals surface area contributed by atoms with E-state index in [1.54, 1.807) is 0 Å². The number of benzene rings is 1. The summed E-state index contributed by atoms with van der Waals surface area (Å²) in [6.45, 7) is 10.5. The van der Waals surface area contributed by atoms with Crippen molar-refractivity contribution < 1.29 is 4.74 Å². The third-order valence-electron chi connectivity index (χ3n) is 3.81. The molecule has 0 amide bonds. The van der Waals surface area contributed by atoms with E-state index >= 15 is 0 Å². The second-order valence-electron chi connectivity index (χ2n) is 5.36. The van der Waals surface area contributed by atoms with E-state index in [2.05, 4.69) is 51.2 Å². The van der Waals surface area contributed by atoms with E-state index in [9.17, 15) is 0 Å². The van der Waals surface area contributed by atoms with Gasteiger partial charge in [-0.2, -0.15) is 0 Å². The third kappa shape index (κ3) is 2.88. The lowest BCUT2D eigenvalue weighted by Gasteiger charge is -2.18. The summed E-state index contributed by atoms with van der Waals surface area (Å²) in [5.74, 6) is 0.575. The van der Waals surface area contributed by atoms with Gasteiger partial charge in [-0.1, -0.05) is 30.7 Å².